The molecule has 4 aromatic rings. The van der Waals surface area contributed by atoms with Gasteiger partial charge in [0.15, 0.2) is 13.9 Å². The summed E-state index contributed by atoms with van der Waals surface area (Å²) in [5, 5.41) is 4.81. The van der Waals surface area contributed by atoms with Crippen molar-refractivity contribution in [3.05, 3.63) is 126 Å². The lowest BCUT2D eigenvalue weighted by molar-refractivity contribution is -0.155. The minimum Gasteiger partial charge on any atom is -0.497 e. The first-order valence-electron chi connectivity index (χ1n) is 16.6. The highest BCUT2D eigenvalue weighted by Crippen LogP contribution is 2.52. The van der Waals surface area contributed by atoms with E-state index in [1.807, 2.05) is 120 Å². The highest BCUT2D eigenvalue weighted by molar-refractivity contribution is 7.76. The fraction of sp³-hybridized carbons (Fsp3) is 0.359. The monoisotopic (exact) mass is 668 g/mol. The van der Waals surface area contributed by atoms with Gasteiger partial charge in [-0.05, 0) is 84.9 Å². The summed E-state index contributed by atoms with van der Waals surface area (Å²) in [5.41, 5.74) is -0.0257. The van der Waals surface area contributed by atoms with Crippen LogP contribution in [-0.2, 0) is 19.4 Å². The first-order chi connectivity index (χ1) is 22.4. The Balaban J connectivity index is 1.86. The van der Waals surface area contributed by atoms with Gasteiger partial charge < -0.3 is 14.1 Å². The maximum atomic E-state index is 15.9. The summed E-state index contributed by atoms with van der Waals surface area (Å²) < 4.78 is 29.0. The largest absolute Gasteiger partial charge is 0.497 e. The summed E-state index contributed by atoms with van der Waals surface area (Å²) in [6, 6.07) is 35.8. The average molecular weight is 669 g/mol. The lowest BCUT2D eigenvalue weighted by atomic mass is 9.81. The van der Waals surface area contributed by atoms with E-state index in [2.05, 4.69) is 39.0 Å². The van der Waals surface area contributed by atoms with Gasteiger partial charge in [0, 0.05) is 23.7 Å². The third-order valence-corrected chi connectivity index (χ3v) is 16.9. The number of rotatable bonds is 11. The van der Waals surface area contributed by atoms with Crippen LogP contribution < -0.4 is 20.4 Å². The fourth-order valence-electron chi connectivity index (χ4n) is 6.10. The molecule has 1 aliphatic heterocycles. The third kappa shape index (κ3) is 7.19. The minimum absolute atomic E-state index is 0.103. The molecule has 1 fully saturated rings. The molecule has 2 atom stereocenters. The Hall–Kier alpha value is -3.48. The van der Waals surface area contributed by atoms with Gasteiger partial charge in [-0.1, -0.05) is 99.6 Å². The molecule has 0 bridgehead atoms. The van der Waals surface area contributed by atoms with E-state index in [1.165, 1.54) is 0 Å². The third-order valence-electron chi connectivity index (χ3n) is 9.79. The van der Waals surface area contributed by atoms with Crippen molar-refractivity contribution in [2.24, 2.45) is 0 Å². The molecule has 2 unspecified atom stereocenters. The number of nitrogens with one attached hydrogen (secondary N) is 1. The van der Waals surface area contributed by atoms with Crippen LogP contribution in [0.3, 0.4) is 0 Å². The van der Waals surface area contributed by atoms with Crippen LogP contribution >= 0.6 is 7.29 Å². The molecule has 1 saturated heterocycles. The van der Waals surface area contributed by atoms with E-state index in [9.17, 15) is 0 Å². The van der Waals surface area contributed by atoms with Gasteiger partial charge in [0.2, 0.25) is 7.29 Å². The van der Waals surface area contributed by atoms with E-state index in [0.29, 0.717) is 29.4 Å². The number of benzene rings is 4. The van der Waals surface area contributed by atoms with Gasteiger partial charge >= 0.3 is 0 Å². The number of piperidine rings is 1. The average Bonchev–Trinajstić information content (AvgIpc) is 3.10. The molecular formula is C39H49N2O4PSi. The fourth-order valence-corrected chi connectivity index (χ4v) is 10.0. The topological polar surface area (TPSA) is 67.9 Å². The molecule has 1 aliphatic rings. The number of hydrogen-bond donors (Lipinski definition) is 1. The van der Waals surface area contributed by atoms with Crippen molar-refractivity contribution in [3.63, 3.8) is 0 Å². The molecule has 4 aromatic carbocycles. The first-order valence-corrected chi connectivity index (χ1v) is 21.2. The van der Waals surface area contributed by atoms with Gasteiger partial charge in [0.05, 0.1) is 13.2 Å². The Morgan fingerprint density at radius 2 is 1.26 bits per heavy atom. The zero-order valence-electron chi connectivity index (χ0n) is 28.6. The van der Waals surface area contributed by atoms with E-state index >= 15 is 9.36 Å². The lowest BCUT2D eigenvalue weighted by Gasteiger charge is -2.51. The summed E-state index contributed by atoms with van der Waals surface area (Å²) in [5.74, 6) is 0.592. The Labute approximate surface area is 282 Å². The number of nitrogens with zero attached hydrogens (tertiary/aromatic N) is 1. The van der Waals surface area contributed by atoms with E-state index in [4.69, 9.17) is 9.16 Å². The van der Waals surface area contributed by atoms with Crippen LogP contribution in [0.2, 0.25) is 18.1 Å². The molecule has 248 valence electrons. The van der Waals surface area contributed by atoms with Gasteiger partial charge in [-0.2, -0.15) is 0 Å². The Bertz CT molecular complexity index is 1610. The number of hydrogen-bond acceptors (Lipinski definition) is 4. The molecule has 1 N–H and O–H groups in total. The molecule has 0 radical (unpaired) electrons. The van der Waals surface area contributed by atoms with E-state index in [1.54, 1.807) is 7.11 Å². The van der Waals surface area contributed by atoms with Crippen LogP contribution in [0.25, 0.3) is 0 Å². The number of methoxy groups -OCH3 is 1. The Morgan fingerprint density at radius 3 is 1.72 bits per heavy atom. The van der Waals surface area contributed by atoms with Gasteiger partial charge in [0.25, 0.3) is 5.91 Å². The second kappa shape index (κ2) is 14.3. The summed E-state index contributed by atoms with van der Waals surface area (Å²) in [4.78, 5) is 17.6. The van der Waals surface area contributed by atoms with Crippen LogP contribution in [0.5, 0.6) is 5.75 Å². The molecule has 5 rings (SSSR count). The van der Waals surface area contributed by atoms with Crippen molar-refractivity contribution in [1.29, 1.82) is 0 Å². The summed E-state index contributed by atoms with van der Waals surface area (Å²) >= 11 is 0. The Morgan fingerprint density at radius 1 is 0.766 bits per heavy atom. The zero-order valence-corrected chi connectivity index (χ0v) is 30.5. The standard InChI is InChI=1S/C39H49N2O4PSi/c1-38(2,3)47(5,6)45-39(32-19-11-7-12-20-32,37(42)41-29-17-10-18-30-41)36(31-25-27-33(44-4)28-26-31)40-46(43,34-21-13-8-14-22-34)35-23-15-9-16-24-35/h7-9,11-16,19-28,36H,10,17-18,29-30H2,1-6H3,(H,40,43). The predicted octanol–water partition coefficient (Wildman–Crippen LogP) is 8.18. The SMILES string of the molecule is COc1ccc(C(NP(=O)(c2ccccc2)c2ccccc2)C(O[Si](C)(C)C(C)(C)C)(C(=O)N2CCCCC2)c2ccccc2)cc1. The summed E-state index contributed by atoms with van der Waals surface area (Å²) in [6.45, 7) is 12.2. The molecule has 1 amide bonds. The van der Waals surface area contributed by atoms with Crippen LogP contribution in [0.15, 0.2) is 115 Å². The van der Waals surface area contributed by atoms with E-state index in [0.717, 1.165) is 30.4 Å². The normalized spacial score (nSPS) is 16.3. The molecule has 47 heavy (non-hydrogen) atoms. The number of amides is 1. The van der Waals surface area contributed by atoms with Crippen LogP contribution in [0.4, 0.5) is 0 Å². The lowest BCUT2D eigenvalue weighted by Crippen LogP contribution is -2.61. The number of carbonyl (C=O) groups is 1. The van der Waals surface area contributed by atoms with Gasteiger partial charge in [-0.25, -0.2) is 5.09 Å². The number of likely N-dealkylation sites (tertiary alicyclic amines) is 1. The molecule has 0 spiro atoms. The smallest absolute Gasteiger partial charge is 0.260 e. The number of carbonyl (C=O) groups excluding carboxylic acids is 1. The van der Waals surface area contributed by atoms with Gasteiger partial charge in [-0.3, -0.25) is 9.36 Å². The van der Waals surface area contributed by atoms with E-state index < -0.39 is 27.3 Å². The minimum atomic E-state index is -3.58. The zero-order chi connectivity index (χ0) is 33.7. The van der Waals surface area contributed by atoms with Crippen molar-refractivity contribution in [2.75, 3.05) is 20.2 Å². The molecular weight excluding hydrogens is 619 g/mol. The predicted molar refractivity (Wildman–Crippen MR) is 195 cm³/mol. The second-order valence-corrected chi connectivity index (χ2v) is 21.2. The van der Waals surface area contributed by atoms with Crippen molar-refractivity contribution >= 4 is 32.1 Å². The molecule has 0 saturated carbocycles. The highest BCUT2D eigenvalue weighted by atomic mass is 31.2. The highest BCUT2D eigenvalue weighted by Gasteiger charge is 2.57. The van der Waals surface area contributed by atoms with Gasteiger partial charge in [-0.15, -0.1) is 0 Å². The van der Waals surface area contributed by atoms with Crippen molar-refractivity contribution < 1.29 is 18.5 Å². The van der Waals surface area contributed by atoms with Crippen LogP contribution in [-0.4, -0.2) is 39.3 Å². The summed E-state index contributed by atoms with van der Waals surface area (Å²) in [7, 11) is -4.65. The quantitative estimate of drug-likeness (QED) is 0.129. The second-order valence-electron chi connectivity index (χ2n) is 13.9. The van der Waals surface area contributed by atoms with E-state index in [-0.39, 0.29) is 10.9 Å². The number of ether oxygens (including phenoxy) is 1. The molecule has 8 heteroatoms. The van der Waals surface area contributed by atoms with Gasteiger partial charge in [0.1, 0.15) is 5.75 Å². The Kier molecular flexibility index (Phi) is 10.6. The van der Waals surface area contributed by atoms with Crippen molar-refractivity contribution in [1.82, 2.24) is 9.99 Å². The molecule has 6 nitrogen and oxygen atoms in total. The first kappa shape index (κ1) is 34.8. The molecule has 0 aliphatic carbocycles. The molecule has 1 heterocycles. The maximum Gasteiger partial charge on any atom is 0.260 e. The van der Waals surface area contributed by atoms with Crippen molar-refractivity contribution in [2.45, 2.75) is 69.8 Å². The van der Waals surface area contributed by atoms with Crippen molar-refractivity contribution in [3.8, 4) is 5.75 Å². The molecule has 0 aromatic heterocycles. The summed E-state index contributed by atoms with van der Waals surface area (Å²) in [6.07, 6.45) is 2.95. The van der Waals surface area contributed by atoms with Crippen LogP contribution in [0.1, 0.15) is 57.2 Å². The van der Waals surface area contributed by atoms with Crippen LogP contribution in [0, 0.1) is 0 Å². The maximum absolute atomic E-state index is 15.9.